The van der Waals surface area contributed by atoms with Gasteiger partial charge in [-0.15, -0.1) is 0 Å². The molecule has 2 aromatic rings. The summed E-state index contributed by atoms with van der Waals surface area (Å²) in [7, 11) is 1.93. The molecule has 5 nitrogen and oxygen atoms in total. The highest BCUT2D eigenvalue weighted by molar-refractivity contribution is 5.24. The van der Waals surface area contributed by atoms with Gasteiger partial charge in [-0.3, -0.25) is 9.58 Å². The van der Waals surface area contributed by atoms with E-state index in [2.05, 4.69) is 46.2 Å². The molecule has 0 bridgehead atoms. The lowest BCUT2D eigenvalue weighted by atomic mass is 10.0. The molecule has 0 N–H and O–H groups in total. The van der Waals surface area contributed by atoms with Crippen molar-refractivity contribution in [2.24, 2.45) is 7.05 Å². The molecular weight excluding hydrogens is 264 g/mol. The molecule has 1 saturated heterocycles. The van der Waals surface area contributed by atoms with Crippen molar-refractivity contribution in [2.45, 2.75) is 26.0 Å². The number of aromatic nitrogens is 3. The number of morpholine rings is 1. The quantitative estimate of drug-likeness (QED) is 0.861. The molecule has 0 radical (unpaired) electrons. The van der Waals surface area contributed by atoms with E-state index >= 15 is 0 Å². The van der Waals surface area contributed by atoms with E-state index < -0.39 is 0 Å². The van der Waals surface area contributed by atoms with Crippen LogP contribution in [-0.4, -0.2) is 39.4 Å². The van der Waals surface area contributed by atoms with Crippen LogP contribution in [0.25, 0.3) is 0 Å². The van der Waals surface area contributed by atoms with Gasteiger partial charge in [0.15, 0.2) is 0 Å². The molecule has 1 aromatic carbocycles. The minimum atomic E-state index is 0.151. The number of nitrogens with zero attached hydrogens (tertiary/aromatic N) is 4. The molecule has 1 atom stereocenters. The molecule has 0 amide bonds. The zero-order chi connectivity index (χ0) is 14.7. The molecule has 0 aliphatic carbocycles. The largest absolute Gasteiger partial charge is 0.371 e. The Morgan fingerprint density at radius 1 is 1.29 bits per heavy atom. The monoisotopic (exact) mass is 286 g/mol. The molecule has 3 rings (SSSR count). The first-order valence-corrected chi connectivity index (χ1v) is 7.52. The summed E-state index contributed by atoms with van der Waals surface area (Å²) in [5.41, 5.74) is 2.63. The van der Waals surface area contributed by atoms with Gasteiger partial charge < -0.3 is 4.74 Å². The fourth-order valence-corrected chi connectivity index (χ4v) is 2.68. The first kappa shape index (κ1) is 14.2. The van der Waals surface area contributed by atoms with Crippen LogP contribution in [0.15, 0.2) is 30.6 Å². The number of rotatable bonds is 4. The Labute approximate surface area is 125 Å². The van der Waals surface area contributed by atoms with Gasteiger partial charge in [-0.05, 0) is 17.5 Å². The lowest BCUT2D eigenvalue weighted by Gasteiger charge is -2.32. The third kappa shape index (κ3) is 3.31. The van der Waals surface area contributed by atoms with E-state index in [4.69, 9.17) is 4.74 Å². The molecule has 5 heteroatoms. The number of hydrogen-bond donors (Lipinski definition) is 0. The molecule has 2 heterocycles. The van der Waals surface area contributed by atoms with E-state index in [0.717, 1.165) is 38.5 Å². The average molecular weight is 286 g/mol. The van der Waals surface area contributed by atoms with Crippen molar-refractivity contribution in [1.82, 2.24) is 19.7 Å². The third-order valence-electron chi connectivity index (χ3n) is 4.08. The summed E-state index contributed by atoms with van der Waals surface area (Å²) < 4.78 is 7.77. The first-order chi connectivity index (χ1) is 10.3. The van der Waals surface area contributed by atoms with Crippen LogP contribution in [0.5, 0.6) is 0 Å². The van der Waals surface area contributed by atoms with Crippen molar-refractivity contribution in [3.63, 3.8) is 0 Å². The molecule has 21 heavy (non-hydrogen) atoms. The Hall–Kier alpha value is -1.72. The Balaban J connectivity index is 1.66. The number of aryl methyl sites for hydroxylation is 2. The maximum Gasteiger partial charge on any atom is 0.140 e. The van der Waals surface area contributed by atoms with Crippen molar-refractivity contribution in [3.8, 4) is 0 Å². The summed E-state index contributed by atoms with van der Waals surface area (Å²) >= 11 is 0. The SMILES string of the molecule is CCc1ccc(C2CN(Cc3ncnn3C)CCO2)cc1. The summed E-state index contributed by atoms with van der Waals surface area (Å²) in [5, 5.41) is 4.13. The number of benzene rings is 1. The van der Waals surface area contributed by atoms with Gasteiger partial charge in [0.2, 0.25) is 0 Å². The van der Waals surface area contributed by atoms with E-state index in [1.807, 2.05) is 11.7 Å². The molecule has 1 fully saturated rings. The molecule has 1 aromatic heterocycles. The second-order valence-corrected chi connectivity index (χ2v) is 5.49. The summed E-state index contributed by atoms with van der Waals surface area (Å²) in [6, 6.07) is 8.77. The van der Waals surface area contributed by atoms with Crippen LogP contribution in [0.1, 0.15) is 30.0 Å². The summed E-state index contributed by atoms with van der Waals surface area (Å²) in [6.45, 7) is 5.60. The highest BCUT2D eigenvalue weighted by atomic mass is 16.5. The minimum absolute atomic E-state index is 0.151. The number of hydrogen-bond acceptors (Lipinski definition) is 4. The Morgan fingerprint density at radius 3 is 2.76 bits per heavy atom. The van der Waals surface area contributed by atoms with E-state index in [1.165, 1.54) is 11.1 Å². The summed E-state index contributed by atoms with van der Waals surface area (Å²) in [5.74, 6) is 0.997. The Morgan fingerprint density at radius 2 is 2.10 bits per heavy atom. The predicted octanol–water partition coefficient (Wildman–Crippen LogP) is 1.95. The first-order valence-electron chi connectivity index (χ1n) is 7.52. The van der Waals surface area contributed by atoms with E-state index in [-0.39, 0.29) is 6.10 Å². The van der Waals surface area contributed by atoms with Crippen LogP contribution in [0.3, 0.4) is 0 Å². The van der Waals surface area contributed by atoms with Gasteiger partial charge in [0, 0.05) is 20.1 Å². The second kappa shape index (κ2) is 6.37. The predicted molar refractivity (Wildman–Crippen MR) is 80.8 cm³/mol. The van der Waals surface area contributed by atoms with Gasteiger partial charge in [0.25, 0.3) is 0 Å². The van der Waals surface area contributed by atoms with E-state index in [9.17, 15) is 0 Å². The smallest absolute Gasteiger partial charge is 0.140 e. The summed E-state index contributed by atoms with van der Waals surface area (Å²) in [4.78, 5) is 6.68. The molecule has 0 saturated carbocycles. The molecule has 1 aliphatic rings. The minimum Gasteiger partial charge on any atom is -0.371 e. The summed E-state index contributed by atoms with van der Waals surface area (Å²) in [6.07, 6.45) is 2.83. The van der Waals surface area contributed by atoms with Crippen LogP contribution in [0.2, 0.25) is 0 Å². The van der Waals surface area contributed by atoms with Gasteiger partial charge in [-0.1, -0.05) is 31.2 Å². The molecule has 1 unspecified atom stereocenters. The van der Waals surface area contributed by atoms with Crippen LogP contribution < -0.4 is 0 Å². The van der Waals surface area contributed by atoms with Gasteiger partial charge >= 0.3 is 0 Å². The van der Waals surface area contributed by atoms with Crippen LogP contribution in [0, 0.1) is 0 Å². The molecule has 0 spiro atoms. The van der Waals surface area contributed by atoms with Gasteiger partial charge in [-0.2, -0.15) is 5.10 Å². The number of ether oxygens (including phenoxy) is 1. The van der Waals surface area contributed by atoms with Crippen molar-refractivity contribution in [2.75, 3.05) is 19.7 Å². The van der Waals surface area contributed by atoms with Gasteiger partial charge in [-0.25, -0.2) is 4.98 Å². The van der Waals surface area contributed by atoms with E-state index in [1.54, 1.807) is 6.33 Å². The second-order valence-electron chi connectivity index (χ2n) is 5.49. The van der Waals surface area contributed by atoms with Gasteiger partial charge in [0.05, 0.1) is 19.3 Å². The van der Waals surface area contributed by atoms with Crippen molar-refractivity contribution in [3.05, 3.63) is 47.5 Å². The molecule has 112 valence electrons. The zero-order valence-corrected chi connectivity index (χ0v) is 12.7. The normalized spacial score (nSPS) is 19.8. The Bertz CT molecular complexity index is 578. The van der Waals surface area contributed by atoms with Crippen molar-refractivity contribution >= 4 is 0 Å². The highest BCUT2D eigenvalue weighted by Crippen LogP contribution is 2.23. The van der Waals surface area contributed by atoms with Crippen molar-refractivity contribution < 1.29 is 4.74 Å². The van der Waals surface area contributed by atoms with Crippen LogP contribution in [0.4, 0.5) is 0 Å². The van der Waals surface area contributed by atoms with Gasteiger partial charge in [0.1, 0.15) is 12.2 Å². The topological polar surface area (TPSA) is 43.2 Å². The maximum atomic E-state index is 5.93. The standard InChI is InChI=1S/C16H22N4O/c1-3-13-4-6-14(7-5-13)15-10-20(8-9-21-15)11-16-17-12-18-19(16)2/h4-7,12,15H,3,8-11H2,1-2H3. The Kier molecular flexibility index (Phi) is 4.31. The average Bonchev–Trinajstić information content (AvgIpc) is 2.93. The van der Waals surface area contributed by atoms with E-state index in [0.29, 0.717) is 0 Å². The van der Waals surface area contributed by atoms with Crippen LogP contribution in [-0.2, 0) is 24.8 Å². The van der Waals surface area contributed by atoms with Crippen LogP contribution >= 0.6 is 0 Å². The molecule has 1 aliphatic heterocycles. The fraction of sp³-hybridized carbons (Fsp3) is 0.500. The third-order valence-corrected chi connectivity index (χ3v) is 4.08. The lowest BCUT2D eigenvalue weighted by molar-refractivity contribution is -0.0339. The lowest BCUT2D eigenvalue weighted by Crippen LogP contribution is -2.38. The maximum absolute atomic E-state index is 5.93. The highest BCUT2D eigenvalue weighted by Gasteiger charge is 2.22. The molecular formula is C16H22N4O. The van der Waals surface area contributed by atoms with Crippen molar-refractivity contribution in [1.29, 1.82) is 0 Å². The fourth-order valence-electron chi connectivity index (χ4n) is 2.68. The zero-order valence-electron chi connectivity index (χ0n) is 12.7.